The number of carbonyl (C=O) groups is 2. The number of rotatable bonds is 4. The monoisotopic (exact) mass is 241 g/mol. The topological polar surface area (TPSA) is 57.6 Å². The molecule has 0 radical (unpaired) electrons. The molecule has 0 aliphatic rings. The zero-order valence-corrected chi connectivity index (χ0v) is 10.4. The third kappa shape index (κ3) is 2.61. The average molecular weight is 241 g/mol. The Morgan fingerprint density at radius 3 is 2.44 bits per heavy atom. The van der Waals surface area contributed by atoms with E-state index in [1.807, 2.05) is 13.8 Å². The van der Waals surface area contributed by atoms with Crippen molar-refractivity contribution in [3.63, 3.8) is 0 Å². The second kappa shape index (κ2) is 5.12. The van der Waals surface area contributed by atoms with Gasteiger partial charge < -0.3 is 10.0 Å². The maximum atomic E-state index is 11.9. The fraction of sp³-hybridized carbons (Fsp3) is 0.455. The minimum atomic E-state index is -0.991. The van der Waals surface area contributed by atoms with Crippen LogP contribution in [0.4, 0.5) is 0 Å². The molecule has 0 saturated carbocycles. The molecule has 5 heteroatoms. The Bertz CT molecular complexity index is 400. The zero-order chi connectivity index (χ0) is 12.3. The number of carboxylic acid groups (broad SMARTS) is 1. The highest BCUT2D eigenvalue weighted by Gasteiger charge is 2.19. The lowest BCUT2D eigenvalue weighted by Gasteiger charge is -2.22. The number of carboxylic acids is 1. The van der Waals surface area contributed by atoms with Gasteiger partial charge in [0.15, 0.2) is 0 Å². The predicted octanol–water partition coefficient (Wildman–Crippen LogP) is 2.32. The quantitative estimate of drug-likeness (QED) is 0.880. The summed E-state index contributed by atoms with van der Waals surface area (Å²) in [5.74, 6) is -1.11. The second-order valence-electron chi connectivity index (χ2n) is 3.64. The minimum Gasteiger partial charge on any atom is -0.477 e. The molecule has 0 aliphatic carbocycles. The van der Waals surface area contributed by atoms with Crippen LogP contribution in [0, 0.1) is 0 Å². The molecule has 1 atom stereocenters. The van der Waals surface area contributed by atoms with Crippen molar-refractivity contribution >= 4 is 23.2 Å². The Hall–Kier alpha value is -1.36. The van der Waals surface area contributed by atoms with Crippen molar-refractivity contribution in [3.05, 3.63) is 21.9 Å². The molecule has 0 bridgehead atoms. The number of hydrogen-bond acceptors (Lipinski definition) is 3. The first-order valence-electron chi connectivity index (χ1n) is 5.07. The van der Waals surface area contributed by atoms with Crippen molar-refractivity contribution in [1.29, 1.82) is 0 Å². The van der Waals surface area contributed by atoms with Crippen LogP contribution < -0.4 is 0 Å². The van der Waals surface area contributed by atoms with Crippen LogP contribution in [0.25, 0.3) is 0 Å². The van der Waals surface area contributed by atoms with Gasteiger partial charge in [-0.15, -0.1) is 11.3 Å². The highest BCUT2D eigenvalue weighted by Crippen LogP contribution is 2.19. The third-order valence-corrected chi connectivity index (χ3v) is 3.66. The Balaban J connectivity index is 2.84. The highest BCUT2D eigenvalue weighted by atomic mass is 32.1. The molecule has 0 aliphatic heterocycles. The molecule has 0 spiro atoms. The molecule has 0 saturated heterocycles. The summed E-state index contributed by atoms with van der Waals surface area (Å²) in [5, 5.41) is 8.76. The first kappa shape index (κ1) is 12.7. The molecule has 0 fully saturated rings. The van der Waals surface area contributed by atoms with E-state index in [9.17, 15) is 9.59 Å². The number of carbonyl (C=O) groups excluding carboxylic acids is 1. The van der Waals surface area contributed by atoms with Gasteiger partial charge in [0.05, 0.1) is 4.88 Å². The van der Waals surface area contributed by atoms with Crippen LogP contribution >= 0.6 is 11.3 Å². The summed E-state index contributed by atoms with van der Waals surface area (Å²) >= 11 is 1.01. The van der Waals surface area contributed by atoms with Gasteiger partial charge in [-0.05, 0) is 25.5 Å². The lowest BCUT2D eigenvalue weighted by Crippen LogP contribution is -2.34. The van der Waals surface area contributed by atoms with E-state index >= 15 is 0 Å². The first-order chi connectivity index (χ1) is 7.47. The molecule has 1 heterocycles. The van der Waals surface area contributed by atoms with E-state index in [1.165, 1.54) is 6.07 Å². The number of amides is 1. The summed E-state index contributed by atoms with van der Waals surface area (Å²) in [6, 6.07) is 3.18. The van der Waals surface area contributed by atoms with Crippen LogP contribution in [0.2, 0.25) is 0 Å². The van der Waals surface area contributed by atoms with Crippen molar-refractivity contribution in [3.8, 4) is 0 Å². The van der Waals surface area contributed by atoms with Gasteiger partial charge in [-0.2, -0.15) is 0 Å². The standard InChI is InChI=1S/C11H15NO3S/c1-4-7(2)12(3)10(13)8-5-6-9(16-8)11(14)15/h5-7H,4H2,1-3H3,(H,14,15). The van der Waals surface area contributed by atoms with Crippen molar-refractivity contribution in [2.75, 3.05) is 7.05 Å². The minimum absolute atomic E-state index is 0.119. The number of aromatic carboxylic acids is 1. The molecular weight excluding hydrogens is 226 g/mol. The largest absolute Gasteiger partial charge is 0.477 e. The van der Waals surface area contributed by atoms with E-state index in [4.69, 9.17) is 5.11 Å². The highest BCUT2D eigenvalue weighted by molar-refractivity contribution is 7.15. The molecule has 1 rings (SSSR count). The maximum Gasteiger partial charge on any atom is 0.345 e. The van der Waals surface area contributed by atoms with E-state index in [0.29, 0.717) is 4.88 Å². The Labute approximate surface area is 98.5 Å². The summed E-state index contributed by atoms with van der Waals surface area (Å²) in [4.78, 5) is 24.9. The van der Waals surface area contributed by atoms with Crippen molar-refractivity contribution in [2.24, 2.45) is 0 Å². The van der Waals surface area contributed by atoms with Gasteiger partial charge in [-0.1, -0.05) is 6.92 Å². The number of hydrogen-bond donors (Lipinski definition) is 1. The van der Waals surface area contributed by atoms with Gasteiger partial charge in [-0.3, -0.25) is 4.79 Å². The van der Waals surface area contributed by atoms with Crippen molar-refractivity contribution < 1.29 is 14.7 Å². The fourth-order valence-corrected chi connectivity index (χ4v) is 2.04. The third-order valence-electron chi connectivity index (χ3n) is 2.60. The summed E-state index contributed by atoms with van der Waals surface area (Å²) in [6.07, 6.45) is 0.874. The molecule has 0 aromatic carbocycles. The Morgan fingerprint density at radius 2 is 2.00 bits per heavy atom. The van der Waals surface area contributed by atoms with Crippen LogP contribution in [0.15, 0.2) is 12.1 Å². The average Bonchev–Trinajstić information content (AvgIpc) is 2.75. The summed E-state index contributed by atoms with van der Waals surface area (Å²) in [5.41, 5.74) is 0. The van der Waals surface area contributed by atoms with Gasteiger partial charge >= 0.3 is 5.97 Å². The fourth-order valence-electron chi connectivity index (χ4n) is 1.22. The molecule has 1 aromatic rings. The van der Waals surface area contributed by atoms with Crippen LogP contribution in [0.5, 0.6) is 0 Å². The smallest absolute Gasteiger partial charge is 0.345 e. The molecule has 4 nitrogen and oxygen atoms in total. The van der Waals surface area contributed by atoms with E-state index < -0.39 is 5.97 Å². The maximum absolute atomic E-state index is 11.9. The number of nitrogens with zero attached hydrogens (tertiary/aromatic N) is 1. The molecule has 1 unspecified atom stereocenters. The van der Waals surface area contributed by atoms with E-state index in [2.05, 4.69) is 0 Å². The molecule has 16 heavy (non-hydrogen) atoms. The van der Waals surface area contributed by atoms with E-state index in [-0.39, 0.29) is 16.8 Å². The van der Waals surface area contributed by atoms with Crippen LogP contribution in [0.1, 0.15) is 39.6 Å². The molecular formula is C11H15NO3S. The van der Waals surface area contributed by atoms with Crippen molar-refractivity contribution in [1.82, 2.24) is 4.90 Å². The lowest BCUT2D eigenvalue weighted by atomic mass is 10.2. The lowest BCUT2D eigenvalue weighted by molar-refractivity contribution is 0.0701. The SMILES string of the molecule is CCC(C)N(C)C(=O)c1ccc(C(=O)O)s1. The Kier molecular flexibility index (Phi) is 4.06. The van der Waals surface area contributed by atoms with Gasteiger partial charge in [-0.25, -0.2) is 4.79 Å². The van der Waals surface area contributed by atoms with Gasteiger partial charge in [0.25, 0.3) is 5.91 Å². The second-order valence-corrected chi connectivity index (χ2v) is 4.73. The normalized spacial score (nSPS) is 12.2. The number of thiophene rings is 1. The van der Waals surface area contributed by atoms with E-state index in [0.717, 1.165) is 17.8 Å². The predicted molar refractivity (Wildman–Crippen MR) is 63.1 cm³/mol. The molecule has 1 aromatic heterocycles. The summed E-state index contributed by atoms with van der Waals surface area (Å²) in [6.45, 7) is 3.97. The zero-order valence-electron chi connectivity index (χ0n) is 9.56. The molecule has 1 N–H and O–H groups in total. The van der Waals surface area contributed by atoms with Crippen LogP contribution in [-0.4, -0.2) is 35.0 Å². The van der Waals surface area contributed by atoms with Gasteiger partial charge in [0, 0.05) is 13.1 Å². The summed E-state index contributed by atoms with van der Waals surface area (Å²) in [7, 11) is 1.73. The molecule has 88 valence electrons. The van der Waals surface area contributed by atoms with E-state index in [1.54, 1.807) is 18.0 Å². The van der Waals surface area contributed by atoms with Gasteiger partial charge in [0.2, 0.25) is 0 Å². The first-order valence-corrected chi connectivity index (χ1v) is 5.89. The van der Waals surface area contributed by atoms with Crippen LogP contribution in [0.3, 0.4) is 0 Å². The summed E-state index contributed by atoms with van der Waals surface area (Å²) < 4.78 is 0. The Morgan fingerprint density at radius 1 is 1.44 bits per heavy atom. The van der Waals surface area contributed by atoms with Gasteiger partial charge in [0.1, 0.15) is 4.88 Å². The van der Waals surface area contributed by atoms with Crippen molar-refractivity contribution in [2.45, 2.75) is 26.3 Å². The van der Waals surface area contributed by atoms with Crippen LogP contribution in [-0.2, 0) is 0 Å². The molecule has 1 amide bonds.